The molecule has 0 fully saturated rings. The molecule has 2 rings (SSSR count). The van der Waals surface area contributed by atoms with Gasteiger partial charge >= 0.3 is 6.18 Å². The van der Waals surface area contributed by atoms with E-state index >= 15 is 0 Å². The summed E-state index contributed by atoms with van der Waals surface area (Å²) in [6.45, 7) is 1.31. The first-order chi connectivity index (χ1) is 14.7. The predicted octanol–water partition coefficient (Wildman–Crippen LogP) is 3.83. The maximum atomic E-state index is 13.1. The van der Waals surface area contributed by atoms with E-state index in [1.165, 1.54) is 50.5 Å². The van der Waals surface area contributed by atoms with Crippen molar-refractivity contribution >= 4 is 17.5 Å². The van der Waals surface area contributed by atoms with E-state index in [4.69, 9.17) is 14.2 Å². The van der Waals surface area contributed by atoms with Crippen molar-refractivity contribution in [1.82, 2.24) is 4.90 Å². The Hall–Kier alpha value is -3.43. The van der Waals surface area contributed by atoms with Crippen molar-refractivity contribution < 1.29 is 37.0 Å². The summed E-state index contributed by atoms with van der Waals surface area (Å²) >= 11 is 0. The van der Waals surface area contributed by atoms with Crippen molar-refractivity contribution in [1.29, 1.82) is 0 Å². The number of carbonyl (C=O) groups excluding carboxylic acids is 2. The molecule has 0 aromatic heterocycles. The minimum absolute atomic E-state index is 0.116. The third-order valence-electron chi connectivity index (χ3n) is 4.45. The Morgan fingerprint density at radius 2 is 1.55 bits per heavy atom. The van der Waals surface area contributed by atoms with Crippen LogP contribution in [-0.2, 0) is 11.0 Å². The molecule has 0 heterocycles. The van der Waals surface area contributed by atoms with Gasteiger partial charge in [0.1, 0.15) is 12.3 Å². The molecule has 1 N–H and O–H groups in total. The van der Waals surface area contributed by atoms with E-state index in [0.717, 1.165) is 12.1 Å². The largest absolute Gasteiger partial charge is 0.496 e. The number of anilines is 1. The minimum atomic E-state index is -4.63. The Morgan fingerprint density at radius 1 is 0.968 bits per heavy atom. The smallest absolute Gasteiger partial charge is 0.418 e. The molecule has 0 unspecified atom stereocenters. The molecule has 0 aliphatic rings. The fourth-order valence-electron chi connectivity index (χ4n) is 2.90. The van der Waals surface area contributed by atoms with E-state index in [0.29, 0.717) is 5.75 Å². The van der Waals surface area contributed by atoms with Gasteiger partial charge in [-0.15, -0.1) is 0 Å². The van der Waals surface area contributed by atoms with E-state index in [1.807, 2.05) is 0 Å². The Kier molecular flexibility index (Phi) is 7.73. The molecule has 10 heteroatoms. The van der Waals surface area contributed by atoms with Crippen LogP contribution in [0.2, 0.25) is 0 Å². The molecule has 0 aliphatic heterocycles. The predicted molar refractivity (Wildman–Crippen MR) is 108 cm³/mol. The maximum Gasteiger partial charge on any atom is 0.418 e. The summed E-state index contributed by atoms with van der Waals surface area (Å²) in [4.78, 5) is 26.6. The third-order valence-corrected chi connectivity index (χ3v) is 4.45. The molecule has 7 nitrogen and oxygen atoms in total. The lowest BCUT2D eigenvalue weighted by Crippen LogP contribution is -2.38. The fourth-order valence-corrected chi connectivity index (χ4v) is 2.90. The quantitative estimate of drug-likeness (QED) is 0.675. The minimum Gasteiger partial charge on any atom is -0.496 e. The molecule has 2 aromatic rings. The molecular weight excluding hydrogens is 417 g/mol. The number of amides is 2. The number of alkyl halides is 3. The Balaban J connectivity index is 2.26. The van der Waals surface area contributed by atoms with Gasteiger partial charge in [0.25, 0.3) is 5.91 Å². The molecule has 0 bridgehead atoms. The summed E-state index contributed by atoms with van der Waals surface area (Å²) < 4.78 is 55.1. The van der Waals surface area contributed by atoms with Crippen LogP contribution in [0.3, 0.4) is 0 Å². The molecule has 0 radical (unpaired) electrons. The van der Waals surface area contributed by atoms with Crippen LogP contribution >= 0.6 is 0 Å². The summed E-state index contributed by atoms with van der Waals surface area (Å²) in [5, 5.41) is 2.23. The number of halogens is 3. The lowest BCUT2D eigenvalue weighted by molar-refractivity contribution is -0.137. The number of hydrogen-bond donors (Lipinski definition) is 1. The molecule has 168 valence electrons. The number of hydrogen-bond acceptors (Lipinski definition) is 5. The number of likely N-dealkylation sites (N-methyl/N-ethyl adjacent to an activating group) is 1. The Labute approximate surface area is 177 Å². The summed E-state index contributed by atoms with van der Waals surface area (Å²) in [7, 11) is 4.21. The zero-order valence-corrected chi connectivity index (χ0v) is 17.5. The molecule has 2 amide bonds. The normalized spacial score (nSPS) is 10.9. The molecule has 0 spiro atoms. The van der Waals surface area contributed by atoms with E-state index in [-0.39, 0.29) is 29.3 Å². The highest BCUT2D eigenvalue weighted by atomic mass is 19.4. The van der Waals surface area contributed by atoms with Crippen LogP contribution in [0.5, 0.6) is 17.2 Å². The third kappa shape index (κ3) is 5.59. The summed E-state index contributed by atoms with van der Waals surface area (Å²) in [6.07, 6.45) is -4.63. The zero-order chi connectivity index (χ0) is 23.2. The van der Waals surface area contributed by atoms with Gasteiger partial charge in [-0.1, -0.05) is 12.1 Å². The summed E-state index contributed by atoms with van der Waals surface area (Å²) in [5.41, 5.74) is -1.24. The van der Waals surface area contributed by atoms with Crippen molar-refractivity contribution in [3.8, 4) is 17.2 Å². The fraction of sp³-hybridized carbons (Fsp3) is 0.333. The summed E-state index contributed by atoms with van der Waals surface area (Å²) in [6, 6.07) is 7.51. The monoisotopic (exact) mass is 440 g/mol. The van der Waals surface area contributed by atoms with Crippen molar-refractivity contribution in [3.05, 3.63) is 47.5 Å². The second-order valence-corrected chi connectivity index (χ2v) is 6.32. The highest BCUT2D eigenvalue weighted by Crippen LogP contribution is 2.36. The summed E-state index contributed by atoms with van der Waals surface area (Å²) in [5.74, 6) is -0.499. The van der Waals surface area contributed by atoms with Gasteiger partial charge < -0.3 is 24.4 Å². The van der Waals surface area contributed by atoms with E-state index in [1.54, 1.807) is 6.92 Å². The number of ether oxygens (including phenoxy) is 3. The number of nitrogens with one attached hydrogen (secondary N) is 1. The van der Waals surface area contributed by atoms with Crippen LogP contribution in [0.15, 0.2) is 36.4 Å². The first-order valence-electron chi connectivity index (χ1n) is 9.21. The van der Waals surface area contributed by atoms with Gasteiger partial charge in [0.2, 0.25) is 5.91 Å². The first kappa shape index (κ1) is 23.8. The second-order valence-electron chi connectivity index (χ2n) is 6.32. The molecule has 0 saturated carbocycles. The van der Waals surface area contributed by atoms with Crippen molar-refractivity contribution in [2.45, 2.75) is 13.1 Å². The van der Waals surface area contributed by atoms with Gasteiger partial charge in [0, 0.05) is 18.7 Å². The van der Waals surface area contributed by atoms with Crippen molar-refractivity contribution in [3.63, 3.8) is 0 Å². The van der Waals surface area contributed by atoms with Crippen LogP contribution in [0, 0.1) is 0 Å². The van der Waals surface area contributed by atoms with Gasteiger partial charge in [-0.05, 0) is 19.1 Å². The number of para-hydroxylation sites is 1. The van der Waals surface area contributed by atoms with Crippen LogP contribution < -0.4 is 19.5 Å². The average Bonchev–Trinajstić information content (AvgIpc) is 2.75. The Morgan fingerprint density at radius 3 is 2.10 bits per heavy atom. The SMILES string of the molecule is CCN(CC(=O)Nc1ccccc1C(F)(F)F)C(=O)c1cc(OC)c(OC)cc1OC. The van der Waals surface area contributed by atoms with Crippen molar-refractivity contribution in [2.75, 3.05) is 39.7 Å². The van der Waals surface area contributed by atoms with Crippen molar-refractivity contribution in [2.24, 2.45) is 0 Å². The second kappa shape index (κ2) is 10.1. The maximum absolute atomic E-state index is 13.1. The molecule has 0 saturated heterocycles. The van der Waals surface area contributed by atoms with Crippen LogP contribution in [0.1, 0.15) is 22.8 Å². The number of nitrogens with zero attached hydrogens (tertiary/aromatic N) is 1. The molecule has 2 aromatic carbocycles. The van der Waals surface area contributed by atoms with E-state index in [2.05, 4.69) is 5.32 Å². The number of benzene rings is 2. The van der Waals surface area contributed by atoms with Gasteiger partial charge in [-0.2, -0.15) is 13.2 Å². The molecule has 31 heavy (non-hydrogen) atoms. The Bertz CT molecular complexity index is 947. The highest BCUT2D eigenvalue weighted by molar-refractivity contribution is 6.01. The van der Waals surface area contributed by atoms with E-state index in [9.17, 15) is 22.8 Å². The lowest BCUT2D eigenvalue weighted by Gasteiger charge is -2.23. The average molecular weight is 440 g/mol. The standard InChI is InChI=1S/C21H23F3N2O5/c1-5-26(12-19(27)25-15-9-7-6-8-14(15)21(22,23)24)20(28)13-10-17(30-3)18(31-4)11-16(13)29-2/h6-11H,5,12H2,1-4H3,(H,25,27). The van der Waals surface area contributed by atoms with Crippen LogP contribution in [0.4, 0.5) is 18.9 Å². The van der Waals surface area contributed by atoms with Gasteiger partial charge in [0.15, 0.2) is 11.5 Å². The number of carbonyl (C=O) groups is 2. The molecule has 0 aliphatic carbocycles. The van der Waals surface area contributed by atoms with E-state index < -0.39 is 30.1 Å². The first-order valence-corrected chi connectivity index (χ1v) is 9.21. The lowest BCUT2D eigenvalue weighted by atomic mass is 10.1. The van der Waals surface area contributed by atoms with Crippen LogP contribution in [-0.4, -0.2) is 51.1 Å². The molecular formula is C21H23F3N2O5. The molecule has 0 atom stereocenters. The van der Waals surface area contributed by atoms with Gasteiger partial charge in [-0.3, -0.25) is 9.59 Å². The van der Waals surface area contributed by atoms with Gasteiger partial charge in [0.05, 0.1) is 38.1 Å². The van der Waals surface area contributed by atoms with Gasteiger partial charge in [-0.25, -0.2) is 0 Å². The topological polar surface area (TPSA) is 77.1 Å². The highest BCUT2D eigenvalue weighted by Gasteiger charge is 2.33. The number of methoxy groups -OCH3 is 3. The van der Waals surface area contributed by atoms with Crippen LogP contribution in [0.25, 0.3) is 0 Å². The zero-order valence-electron chi connectivity index (χ0n) is 17.5. The number of rotatable bonds is 8.